The van der Waals surface area contributed by atoms with Crippen LogP contribution in [-0.4, -0.2) is 111 Å². The molecule has 11 heteroatoms. The normalized spacial score (nSPS) is 22.9. The molecule has 0 atom stereocenters. The number of piperazine rings is 2. The Hall–Kier alpha value is -0.300. The largest absolute Gasteiger partial charge is 0.304 e. The van der Waals surface area contributed by atoms with Gasteiger partial charge >= 0.3 is 0 Å². The predicted molar refractivity (Wildman–Crippen MR) is 102 cm³/mol. The molecule has 9 nitrogen and oxygen atoms in total. The third-order valence-corrected chi connectivity index (χ3v) is 8.98. The Morgan fingerprint density at radius 2 is 1.08 bits per heavy atom. The van der Waals surface area contributed by atoms with E-state index in [1.165, 1.54) is 17.2 Å². The first kappa shape index (κ1) is 22.0. The van der Waals surface area contributed by atoms with Crippen LogP contribution in [0.2, 0.25) is 0 Å². The molecule has 154 valence electrons. The minimum atomic E-state index is -3.52. The average Bonchev–Trinajstić information content (AvgIpc) is 2.62. The van der Waals surface area contributed by atoms with E-state index in [4.69, 9.17) is 0 Å². The fourth-order valence-electron chi connectivity index (χ4n) is 3.32. The molecule has 0 amide bonds. The van der Waals surface area contributed by atoms with Gasteiger partial charge in [0.1, 0.15) is 0 Å². The molecule has 0 aliphatic carbocycles. The van der Waals surface area contributed by atoms with E-state index in [9.17, 15) is 16.8 Å². The van der Waals surface area contributed by atoms with Gasteiger partial charge in [-0.1, -0.05) is 13.8 Å². The topological polar surface area (TPSA) is 84.5 Å². The van der Waals surface area contributed by atoms with Crippen molar-refractivity contribution in [2.45, 2.75) is 26.7 Å². The van der Waals surface area contributed by atoms with E-state index in [0.717, 1.165) is 25.9 Å². The Morgan fingerprint density at radius 1 is 0.692 bits per heavy atom. The summed E-state index contributed by atoms with van der Waals surface area (Å²) in [4.78, 5) is 2.10. The molecule has 0 spiro atoms. The van der Waals surface area contributed by atoms with Crippen LogP contribution in [0, 0.1) is 0 Å². The summed E-state index contributed by atoms with van der Waals surface area (Å²) in [6.07, 6.45) is 1.52. The van der Waals surface area contributed by atoms with E-state index < -0.39 is 20.4 Å². The highest BCUT2D eigenvalue weighted by atomic mass is 32.2. The van der Waals surface area contributed by atoms with E-state index >= 15 is 0 Å². The van der Waals surface area contributed by atoms with Crippen molar-refractivity contribution >= 4 is 20.4 Å². The molecule has 2 aliphatic heterocycles. The summed E-state index contributed by atoms with van der Waals surface area (Å²) in [6.45, 7) is 8.14. The van der Waals surface area contributed by atoms with E-state index in [2.05, 4.69) is 4.90 Å². The van der Waals surface area contributed by atoms with Crippen molar-refractivity contribution in [1.29, 1.82) is 0 Å². The maximum atomic E-state index is 12.8. The summed E-state index contributed by atoms with van der Waals surface area (Å²) >= 11 is 0. The highest BCUT2D eigenvalue weighted by Gasteiger charge is 2.37. The minimum absolute atomic E-state index is 0.208. The summed E-state index contributed by atoms with van der Waals surface area (Å²) < 4.78 is 57.1. The van der Waals surface area contributed by atoms with Crippen molar-refractivity contribution in [2.75, 3.05) is 72.5 Å². The third kappa shape index (κ3) is 4.94. The molecule has 0 bridgehead atoms. The Morgan fingerprint density at radius 3 is 1.50 bits per heavy atom. The zero-order valence-corrected chi connectivity index (χ0v) is 17.8. The monoisotopic (exact) mass is 411 g/mol. The standard InChI is InChI=1S/C15H33N5O4S2/c1-4-6-17(7-5-2)25(21,22)19-12-14-20(15-13-19)26(23,24)18-10-8-16(3)9-11-18/h4-15H2,1-3H3. The van der Waals surface area contributed by atoms with E-state index in [0.29, 0.717) is 26.2 Å². The lowest BCUT2D eigenvalue weighted by molar-refractivity contribution is 0.198. The van der Waals surface area contributed by atoms with Crippen LogP contribution < -0.4 is 0 Å². The molecule has 0 unspecified atom stereocenters. The van der Waals surface area contributed by atoms with Crippen LogP contribution in [0.1, 0.15) is 26.7 Å². The summed E-state index contributed by atoms with van der Waals surface area (Å²) in [7, 11) is -5.06. The lowest BCUT2D eigenvalue weighted by atomic mass is 10.4. The smallest absolute Gasteiger partial charge is 0.282 e. The maximum Gasteiger partial charge on any atom is 0.282 e. The summed E-state index contributed by atoms with van der Waals surface area (Å²) in [5, 5.41) is 0. The average molecular weight is 412 g/mol. The second-order valence-corrected chi connectivity index (χ2v) is 10.8. The molecule has 26 heavy (non-hydrogen) atoms. The van der Waals surface area contributed by atoms with Gasteiger partial charge in [-0.25, -0.2) is 0 Å². The quantitative estimate of drug-likeness (QED) is 0.536. The van der Waals surface area contributed by atoms with Gasteiger partial charge in [-0.2, -0.15) is 34.1 Å². The first-order valence-corrected chi connectivity index (χ1v) is 12.2. The molecule has 2 saturated heterocycles. The van der Waals surface area contributed by atoms with Crippen molar-refractivity contribution in [3.63, 3.8) is 0 Å². The first-order valence-electron chi connectivity index (χ1n) is 9.42. The van der Waals surface area contributed by atoms with Crippen LogP contribution in [-0.2, 0) is 20.4 Å². The lowest BCUT2D eigenvalue weighted by Crippen LogP contribution is -2.58. The fraction of sp³-hybridized carbons (Fsp3) is 1.00. The van der Waals surface area contributed by atoms with Crippen LogP contribution in [0.5, 0.6) is 0 Å². The molecule has 2 aliphatic rings. The Kier molecular flexibility index (Phi) is 7.84. The highest BCUT2D eigenvalue weighted by Crippen LogP contribution is 2.18. The van der Waals surface area contributed by atoms with Crippen LogP contribution in [0.25, 0.3) is 0 Å². The van der Waals surface area contributed by atoms with Gasteiger partial charge in [0.05, 0.1) is 0 Å². The summed E-state index contributed by atoms with van der Waals surface area (Å²) in [5.74, 6) is 0. The molecule has 0 radical (unpaired) electrons. The van der Waals surface area contributed by atoms with Crippen LogP contribution in [0.15, 0.2) is 0 Å². The van der Waals surface area contributed by atoms with Gasteiger partial charge in [0.15, 0.2) is 0 Å². The molecule has 0 saturated carbocycles. The predicted octanol–water partition coefficient (Wildman–Crippen LogP) is -0.537. The van der Waals surface area contributed by atoms with Crippen LogP contribution in [0.4, 0.5) is 0 Å². The number of likely N-dealkylation sites (N-methyl/N-ethyl adjacent to an activating group) is 1. The zero-order valence-electron chi connectivity index (χ0n) is 16.2. The Bertz CT molecular complexity index is 633. The SMILES string of the molecule is CCCN(CCC)S(=O)(=O)N1CCN(S(=O)(=O)N2CCN(C)CC2)CC1. The number of hydrogen-bond acceptors (Lipinski definition) is 5. The molecule has 2 heterocycles. The van der Waals surface area contributed by atoms with Crippen LogP contribution >= 0.6 is 0 Å². The number of rotatable bonds is 8. The lowest BCUT2D eigenvalue weighted by Gasteiger charge is -2.39. The molecular formula is C15H33N5O4S2. The second-order valence-electron chi connectivity index (χ2n) is 6.92. The zero-order chi connectivity index (χ0) is 19.4. The molecule has 2 fully saturated rings. The fourth-order valence-corrected chi connectivity index (χ4v) is 6.67. The molecule has 0 N–H and O–H groups in total. The van der Waals surface area contributed by atoms with E-state index in [1.54, 1.807) is 0 Å². The van der Waals surface area contributed by atoms with Gasteiger partial charge in [-0.3, -0.25) is 0 Å². The van der Waals surface area contributed by atoms with Crippen molar-refractivity contribution in [1.82, 2.24) is 22.1 Å². The number of nitrogens with zero attached hydrogens (tertiary/aromatic N) is 5. The molecule has 0 aromatic rings. The van der Waals surface area contributed by atoms with E-state index in [1.807, 2.05) is 20.9 Å². The molecule has 0 aromatic carbocycles. The van der Waals surface area contributed by atoms with Gasteiger partial charge in [0, 0.05) is 65.4 Å². The van der Waals surface area contributed by atoms with Gasteiger partial charge in [-0.05, 0) is 19.9 Å². The minimum Gasteiger partial charge on any atom is -0.304 e. The maximum absolute atomic E-state index is 12.8. The molecular weight excluding hydrogens is 378 g/mol. The van der Waals surface area contributed by atoms with E-state index in [-0.39, 0.29) is 26.2 Å². The van der Waals surface area contributed by atoms with Gasteiger partial charge in [-0.15, -0.1) is 0 Å². The van der Waals surface area contributed by atoms with Crippen molar-refractivity contribution in [3.05, 3.63) is 0 Å². The van der Waals surface area contributed by atoms with Crippen molar-refractivity contribution in [2.24, 2.45) is 0 Å². The Labute approximate surface area is 158 Å². The molecule has 2 rings (SSSR count). The third-order valence-electron chi connectivity index (χ3n) is 4.91. The van der Waals surface area contributed by atoms with Gasteiger partial charge in [0.2, 0.25) is 0 Å². The number of hydrogen-bond donors (Lipinski definition) is 0. The summed E-state index contributed by atoms with van der Waals surface area (Å²) in [6, 6.07) is 0. The summed E-state index contributed by atoms with van der Waals surface area (Å²) in [5.41, 5.74) is 0. The van der Waals surface area contributed by atoms with Gasteiger partial charge in [0.25, 0.3) is 20.4 Å². The molecule has 0 aromatic heterocycles. The van der Waals surface area contributed by atoms with Crippen LogP contribution in [0.3, 0.4) is 0 Å². The second kappa shape index (κ2) is 9.26. The first-order chi connectivity index (χ1) is 12.2. The highest BCUT2D eigenvalue weighted by molar-refractivity contribution is 7.87. The Balaban J connectivity index is 1.99. The van der Waals surface area contributed by atoms with Gasteiger partial charge < -0.3 is 4.90 Å². The van der Waals surface area contributed by atoms with Crippen molar-refractivity contribution < 1.29 is 16.8 Å². The van der Waals surface area contributed by atoms with Crippen molar-refractivity contribution in [3.8, 4) is 0 Å².